The summed E-state index contributed by atoms with van der Waals surface area (Å²) >= 11 is 0. The number of fused-ring (bicyclic) bond motifs is 1. The van der Waals surface area contributed by atoms with Gasteiger partial charge in [0, 0.05) is 12.2 Å². The molecule has 0 saturated heterocycles. The molecule has 0 radical (unpaired) electrons. The molecule has 3 amide bonds. The van der Waals surface area contributed by atoms with E-state index in [1.165, 1.54) is 0 Å². The molecule has 2 N–H and O–H groups in total. The zero-order valence-electron chi connectivity index (χ0n) is 24.5. The van der Waals surface area contributed by atoms with Gasteiger partial charge in [0.05, 0.1) is 0 Å². The van der Waals surface area contributed by atoms with Crippen LogP contribution >= 0.6 is 0 Å². The summed E-state index contributed by atoms with van der Waals surface area (Å²) in [6.07, 6.45) is 3.98. The van der Waals surface area contributed by atoms with E-state index in [-0.39, 0.29) is 18.4 Å². The van der Waals surface area contributed by atoms with Gasteiger partial charge in [0.2, 0.25) is 5.91 Å². The fourth-order valence-corrected chi connectivity index (χ4v) is 4.56. The highest BCUT2D eigenvalue weighted by molar-refractivity contribution is 6.00. The van der Waals surface area contributed by atoms with Crippen LogP contribution in [0.1, 0.15) is 77.5 Å². The van der Waals surface area contributed by atoms with Gasteiger partial charge in [-0.1, -0.05) is 87.7 Å². The van der Waals surface area contributed by atoms with Crippen molar-refractivity contribution < 1.29 is 19.1 Å². The van der Waals surface area contributed by atoms with E-state index in [1.54, 1.807) is 25.7 Å². The summed E-state index contributed by atoms with van der Waals surface area (Å²) in [5.74, 6) is -0.652. The molecule has 3 aromatic rings. The van der Waals surface area contributed by atoms with Gasteiger partial charge in [-0.2, -0.15) is 0 Å². The highest BCUT2D eigenvalue weighted by atomic mass is 16.6. The predicted octanol–water partition coefficient (Wildman–Crippen LogP) is 7.02. The molecular weight excluding hydrogens is 502 g/mol. The van der Waals surface area contributed by atoms with Gasteiger partial charge in [-0.3, -0.25) is 9.59 Å². The van der Waals surface area contributed by atoms with Crippen LogP contribution < -0.4 is 10.6 Å². The van der Waals surface area contributed by atoms with Crippen molar-refractivity contribution in [3.8, 4) is 0 Å². The lowest BCUT2D eigenvalue weighted by atomic mass is 10.0. The molecular formula is C33H43N3O4. The molecule has 40 heavy (non-hydrogen) atoms. The van der Waals surface area contributed by atoms with Crippen molar-refractivity contribution >= 4 is 34.4 Å². The second kappa shape index (κ2) is 14.5. The third kappa shape index (κ3) is 9.11. The third-order valence-electron chi connectivity index (χ3n) is 6.64. The van der Waals surface area contributed by atoms with Crippen LogP contribution in [0.25, 0.3) is 10.8 Å². The first-order valence-corrected chi connectivity index (χ1v) is 14.3. The summed E-state index contributed by atoms with van der Waals surface area (Å²) in [4.78, 5) is 41.5. The molecule has 214 valence electrons. The molecule has 1 atom stereocenters. The minimum Gasteiger partial charge on any atom is -0.444 e. The van der Waals surface area contributed by atoms with Crippen molar-refractivity contribution in [2.45, 2.75) is 78.4 Å². The Morgan fingerprint density at radius 3 is 2.23 bits per heavy atom. The molecule has 0 aliphatic heterocycles. The summed E-state index contributed by atoms with van der Waals surface area (Å²) in [6, 6.07) is 20.7. The number of nitrogens with one attached hydrogen (secondary N) is 2. The van der Waals surface area contributed by atoms with Crippen LogP contribution in [-0.4, -0.2) is 41.5 Å². The molecule has 0 fully saturated rings. The van der Waals surface area contributed by atoms with E-state index in [0.717, 1.165) is 54.0 Å². The molecule has 0 bridgehead atoms. The van der Waals surface area contributed by atoms with Gasteiger partial charge in [-0.05, 0) is 67.6 Å². The van der Waals surface area contributed by atoms with Crippen LogP contribution in [0.2, 0.25) is 0 Å². The van der Waals surface area contributed by atoms with E-state index >= 15 is 0 Å². The van der Waals surface area contributed by atoms with E-state index in [2.05, 4.69) is 24.5 Å². The van der Waals surface area contributed by atoms with E-state index < -0.39 is 17.7 Å². The van der Waals surface area contributed by atoms with Crippen molar-refractivity contribution in [2.75, 3.05) is 18.4 Å². The topological polar surface area (TPSA) is 87.7 Å². The lowest BCUT2D eigenvalue weighted by molar-refractivity contribution is -0.138. The minimum atomic E-state index is -0.869. The number of unbranched alkanes of at least 4 members (excludes halogenated alkanes) is 3. The molecule has 1 unspecified atom stereocenters. The monoisotopic (exact) mass is 545 g/mol. The average molecular weight is 546 g/mol. The molecule has 0 heterocycles. The average Bonchev–Trinajstić information content (AvgIpc) is 2.92. The van der Waals surface area contributed by atoms with Gasteiger partial charge < -0.3 is 20.3 Å². The maximum atomic E-state index is 13.9. The Kier molecular flexibility index (Phi) is 11.1. The Balaban J connectivity index is 1.91. The van der Waals surface area contributed by atoms with Gasteiger partial charge in [0.1, 0.15) is 18.2 Å². The number of hydrogen-bond donors (Lipinski definition) is 2. The number of anilines is 1. The summed E-state index contributed by atoms with van der Waals surface area (Å²) in [5.41, 5.74) is 1.83. The number of amides is 3. The van der Waals surface area contributed by atoms with Crippen molar-refractivity contribution in [3.63, 3.8) is 0 Å². The molecule has 0 saturated carbocycles. The maximum Gasteiger partial charge on any atom is 0.408 e. The van der Waals surface area contributed by atoms with Crippen LogP contribution in [0, 0.1) is 0 Å². The number of carbonyl (C=O) groups is 3. The van der Waals surface area contributed by atoms with Crippen LogP contribution in [0.15, 0.2) is 66.7 Å². The van der Waals surface area contributed by atoms with E-state index in [0.29, 0.717) is 12.2 Å². The normalized spacial score (nSPS) is 12.0. The fourth-order valence-electron chi connectivity index (χ4n) is 4.56. The number of ether oxygens (including phenoxy) is 1. The zero-order chi connectivity index (χ0) is 29.1. The van der Waals surface area contributed by atoms with E-state index in [9.17, 15) is 14.4 Å². The fraction of sp³-hybridized carbons (Fsp3) is 0.424. The highest BCUT2D eigenvalue weighted by Gasteiger charge is 2.32. The number of carbonyl (C=O) groups excluding carboxylic acids is 3. The summed E-state index contributed by atoms with van der Waals surface area (Å²) in [6.45, 7) is 9.62. The maximum absolute atomic E-state index is 13.9. The molecule has 0 spiro atoms. The molecule has 0 aromatic heterocycles. The predicted molar refractivity (Wildman–Crippen MR) is 161 cm³/mol. The summed E-state index contributed by atoms with van der Waals surface area (Å²) in [7, 11) is 0. The van der Waals surface area contributed by atoms with Crippen molar-refractivity contribution in [2.24, 2.45) is 0 Å². The lowest BCUT2D eigenvalue weighted by Gasteiger charge is -2.32. The van der Waals surface area contributed by atoms with Crippen molar-refractivity contribution in [3.05, 3.63) is 77.9 Å². The van der Waals surface area contributed by atoms with E-state index in [1.807, 2.05) is 66.7 Å². The first-order valence-electron chi connectivity index (χ1n) is 14.3. The number of aryl methyl sites for hydroxylation is 1. The standard InChI is InChI=1S/C33H43N3O4/c1-6-8-9-12-21-36(29(37)23-34-32(39)40-33(3,4)5)30(26-17-15-24(7-2)16-18-26)31(38)35-28-20-19-25-13-10-11-14-27(25)22-28/h10-11,13-20,22,30H,6-9,12,21,23H2,1-5H3,(H,34,39)(H,35,38). The summed E-state index contributed by atoms with van der Waals surface area (Å²) in [5, 5.41) is 7.71. The van der Waals surface area contributed by atoms with Gasteiger partial charge in [0.15, 0.2) is 0 Å². The van der Waals surface area contributed by atoms with E-state index in [4.69, 9.17) is 4.74 Å². The number of hydrogen-bond acceptors (Lipinski definition) is 4. The van der Waals surface area contributed by atoms with Gasteiger partial charge in [-0.15, -0.1) is 0 Å². The lowest BCUT2D eigenvalue weighted by Crippen LogP contribution is -2.47. The van der Waals surface area contributed by atoms with Crippen LogP contribution in [0.5, 0.6) is 0 Å². The van der Waals surface area contributed by atoms with Crippen molar-refractivity contribution in [1.29, 1.82) is 0 Å². The Morgan fingerprint density at radius 1 is 0.875 bits per heavy atom. The second-order valence-corrected chi connectivity index (χ2v) is 11.1. The quantitative estimate of drug-likeness (QED) is 0.240. The molecule has 3 aromatic carbocycles. The molecule has 0 aliphatic carbocycles. The Hall–Kier alpha value is -3.87. The number of alkyl carbamates (subject to hydrolysis) is 1. The van der Waals surface area contributed by atoms with Crippen LogP contribution in [0.3, 0.4) is 0 Å². The second-order valence-electron chi connectivity index (χ2n) is 11.1. The van der Waals surface area contributed by atoms with Crippen LogP contribution in [0.4, 0.5) is 10.5 Å². The Labute approximate surface area is 238 Å². The highest BCUT2D eigenvalue weighted by Crippen LogP contribution is 2.26. The Morgan fingerprint density at radius 2 is 1.57 bits per heavy atom. The van der Waals surface area contributed by atoms with Gasteiger partial charge >= 0.3 is 6.09 Å². The van der Waals surface area contributed by atoms with Gasteiger partial charge in [0.25, 0.3) is 5.91 Å². The largest absolute Gasteiger partial charge is 0.444 e. The first-order chi connectivity index (χ1) is 19.1. The van der Waals surface area contributed by atoms with Crippen LogP contribution in [-0.2, 0) is 20.7 Å². The molecule has 7 nitrogen and oxygen atoms in total. The SMILES string of the molecule is CCCCCCN(C(=O)CNC(=O)OC(C)(C)C)C(C(=O)Nc1ccc2ccccc2c1)c1ccc(CC)cc1. The molecule has 3 rings (SSSR count). The summed E-state index contributed by atoms with van der Waals surface area (Å²) < 4.78 is 5.31. The smallest absolute Gasteiger partial charge is 0.408 e. The van der Waals surface area contributed by atoms with Crippen molar-refractivity contribution in [1.82, 2.24) is 10.2 Å². The minimum absolute atomic E-state index is 0.268. The zero-order valence-corrected chi connectivity index (χ0v) is 24.5. The van der Waals surface area contributed by atoms with Gasteiger partial charge in [-0.25, -0.2) is 4.79 Å². The Bertz CT molecular complexity index is 1280. The molecule has 0 aliphatic rings. The number of rotatable bonds is 12. The molecule has 7 heteroatoms. The number of benzene rings is 3. The third-order valence-corrected chi connectivity index (χ3v) is 6.64. The first kappa shape index (κ1) is 30.7. The number of nitrogens with zero attached hydrogens (tertiary/aromatic N) is 1.